The summed E-state index contributed by atoms with van der Waals surface area (Å²) in [5.74, 6) is 0.821. The number of hydrogen-bond acceptors (Lipinski definition) is 3. The van der Waals surface area contributed by atoms with E-state index < -0.39 is 0 Å². The van der Waals surface area contributed by atoms with E-state index in [1.165, 1.54) is 12.8 Å². The largest absolute Gasteiger partial charge is 0.496 e. The predicted octanol–water partition coefficient (Wildman–Crippen LogP) is 2.99. The minimum absolute atomic E-state index is 0.311. The van der Waals surface area contributed by atoms with E-state index in [1.807, 2.05) is 24.3 Å². The number of hydrogen-bond donors (Lipinski definition) is 0. The lowest BCUT2D eigenvalue weighted by molar-refractivity contribution is 0.0657. The van der Waals surface area contributed by atoms with Gasteiger partial charge in [0.05, 0.1) is 13.3 Å². The van der Waals surface area contributed by atoms with E-state index in [4.69, 9.17) is 9.57 Å². The molecule has 0 N–H and O–H groups in total. The Morgan fingerprint density at radius 2 is 2.00 bits per heavy atom. The van der Waals surface area contributed by atoms with Gasteiger partial charge < -0.3 is 9.57 Å². The van der Waals surface area contributed by atoms with Crippen LogP contribution in [0.2, 0.25) is 0 Å². The van der Waals surface area contributed by atoms with Crippen LogP contribution in [-0.2, 0) is 4.84 Å². The quantitative estimate of drug-likeness (QED) is 0.575. The molecule has 0 radical (unpaired) electrons. The number of methoxy groups -OCH3 is 1. The second kappa shape index (κ2) is 5.54. The van der Waals surface area contributed by atoms with Gasteiger partial charge in [-0.2, -0.15) is 0 Å². The molecule has 0 heterocycles. The lowest BCUT2D eigenvalue weighted by Gasteiger charge is -2.06. The van der Waals surface area contributed by atoms with Gasteiger partial charge in [0, 0.05) is 5.56 Å². The fraction of sp³-hybridized carbons (Fsp3) is 0.462. The summed E-state index contributed by atoms with van der Waals surface area (Å²) in [6.45, 7) is 0. The Labute approximate surface area is 96.1 Å². The molecule has 86 valence electrons. The second-order valence-corrected chi connectivity index (χ2v) is 3.99. The van der Waals surface area contributed by atoms with E-state index in [0.717, 1.165) is 24.2 Å². The Balaban J connectivity index is 1.94. The molecule has 0 saturated heterocycles. The van der Waals surface area contributed by atoms with E-state index in [9.17, 15) is 0 Å². The molecule has 2 rings (SSSR count). The molecule has 0 aliphatic heterocycles. The van der Waals surface area contributed by atoms with Gasteiger partial charge in [-0.05, 0) is 37.8 Å². The Kier molecular flexibility index (Phi) is 3.81. The van der Waals surface area contributed by atoms with Gasteiger partial charge >= 0.3 is 0 Å². The Morgan fingerprint density at radius 1 is 1.25 bits per heavy atom. The third-order valence-electron chi connectivity index (χ3n) is 2.84. The summed E-state index contributed by atoms with van der Waals surface area (Å²) in [5, 5.41) is 4.03. The van der Waals surface area contributed by atoms with E-state index in [1.54, 1.807) is 13.3 Å². The second-order valence-electron chi connectivity index (χ2n) is 3.99. The zero-order valence-electron chi connectivity index (χ0n) is 9.56. The van der Waals surface area contributed by atoms with Crippen LogP contribution in [0.15, 0.2) is 29.4 Å². The van der Waals surface area contributed by atoms with Crippen LogP contribution < -0.4 is 4.74 Å². The zero-order valence-corrected chi connectivity index (χ0v) is 9.56. The SMILES string of the molecule is COc1ccccc1C=NOC1CCCC1. The van der Waals surface area contributed by atoms with Crippen molar-refractivity contribution in [2.45, 2.75) is 31.8 Å². The van der Waals surface area contributed by atoms with Crippen molar-refractivity contribution in [1.29, 1.82) is 0 Å². The first kappa shape index (κ1) is 11.0. The smallest absolute Gasteiger partial charge is 0.127 e. The summed E-state index contributed by atoms with van der Waals surface area (Å²) in [6.07, 6.45) is 6.80. The van der Waals surface area contributed by atoms with Gasteiger partial charge in [0.1, 0.15) is 11.9 Å². The summed E-state index contributed by atoms with van der Waals surface area (Å²) < 4.78 is 5.22. The predicted molar refractivity (Wildman–Crippen MR) is 63.9 cm³/mol. The van der Waals surface area contributed by atoms with Gasteiger partial charge in [-0.1, -0.05) is 17.3 Å². The molecule has 0 spiro atoms. The first-order chi connectivity index (χ1) is 7.90. The maximum absolute atomic E-state index is 5.42. The van der Waals surface area contributed by atoms with E-state index >= 15 is 0 Å². The maximum Gasteiger partial charge on any atom is 0.127 e. The molecule has 0 bridgehead atoms. The first-order valence-electron chi connectivity index (χ1n) is 5.72. The molecule has 1 saturated carbocycles. The molecule has 1 fully saturated rings. The highest BCUT2D eigenvalue weighted by Gasteiger charge is 2.15. The number of para-hydroxylation sites is 1. The van der Waals surface area contributed by atoms with Crippen molar-refractivity contribution in [3.63, 3.8) is 0 Å². The van der Waals surface area contributed by atoms with Crippen LogP contribution in [0.25, 0.3) is 0 Å². The molecular formula is C13H17NO2. The van der Waals surface area contributed by atoms with Crippen molar-refractivity contribution >= 4 is 6.21 Å². The molecular weight excluding hydrogens is 202 g/mol. The van der Waals surface area contributed by atoms with Gasteiger partial charge in [0.15, 0.2) is 0 Å². The third kappa shape index (κ3) is 2.75. The highest BCUT2D eigenvalue weighted by atomic mass is 16.6. The fourth-order valence-corrected chi connectivity index (χ4v) is 1.94. The van der Waals surface area contributed by atoms with Gasteiger partial charge in [-0.15, -0.1) is 0 Å². The number of nitrogens with zero attached hydrogens (tertiary/aromatic N) is 1. The molecule has 0 amide bonds. The third-order valence-corrected chi connectivity index (χ3v) is 2.84. The average Bonchev–Trinajstić information content (AvgIpc) is 2.83. The number of ether oxygens (including phenoxy) is 1. The number of benzene rings is 1. The van der Waals surface area contributed by atoms with Crippen LogP contribution >= 0.6 is 0 Å². The highest BCUT2D eigenvalue weighted by molar-refractivity contribution is 5.82. The topological polar surface area (TPSA) is 30.8 Å². The van der Waals surface area contributed by atoms with Crippen molar-refractivity contribution in [2.75, 3.05) is 7.11 Å². The number of rotatable bonds is 4. The Hall–Kier alpha value is -1.51. The molecule has 1 aromatic carbocycles. The maximum atomic E-state index is 5.42. The van der Waals surface area contributed by atoms with Crippen molar-refractivity contribution in [2.24, 2.45) is 5.16 Å². The summed E-state index contributed by atoms with van der Waals surface area (Å²) in [5.41, 5.74) is 0.947. The standard InChI is InChI=1S/C13H17NO2/c1-15-13-9-5-2-6-11(13)10-14-16-12-7-3-4-8-12/h2,5-6,9-10,12H,3-4,7-8H2,1H3. The molecule has 0 unspecified atom stereocenters. The summed E-state index contributed by atoms with van der Waals surface area (Å²) >= 11 is 0. The molecule has 3 nitrogen and oxygen atoms in total. The Bertz CT molecular complexity index is 357. The molecule has 1 aromatic rings. The van der Waals surface area contributed by atoms with Gasteiger partial charge in [-0.25, -0.2) is 0 Å². The lowest BCUT2D eigenvalue weighted by atomic mass is 10.2. The van der Waals surface area contributed by atoms with E-state index in [0.29, 0.717) is 6.10 Å². The van der Waals surface area contributed by atoms with E-state index in [2.05, 4.69) is 5.16 Å². The van der Waals surface area contributed by atoms with Crippen molar-refractivity contribution < 1.29 is 9.57 Å². The summed E-state index contributed by atoms with van der Waals surface area (Å²) in [4.78, 5) is 5.42. The minimum Gasteiger partial charge on any atom is -0.496 e. The molecule has 16 heavy (non-hydrogen) atoms. The fourth-order valence-electron chi connectivity index (χ4n) is 1.94. The molecule has 0 aromatic heterocycles. The van der Waals surface area contributed by atoms with Crippen molar-refractivity contribution in [1.82, 2.24) is 0 Å². The van der Waals surface area contributed by atoms with Gasteiger partial charge in [0.25, 0.3) is 0 Å². The van der Waals surface area contributed by atoms with Crippen LogP contribution in [0.3, 0.4) is 0 Å². The van der Waals surface area contributed by atoms with Crippen molar-refractivity contribution in [3.8, 4) is 5.75 Å². The van der Waals surface area contributed by atoms with Crippen LogP contribution in [-0.4, -0.2) is 19.4 Å². The summed E-state index contributed by atoms with van der Waals surface area (Å²) in [6, 6.07) is 7.77. The lowest BCUT2D eigenvalue weighted by Crippen LogP contribution is -2.02. The van der Waals surface area contributed by atoms with Gasteiger partial charge in [-0.3, -0.25) is 0 Å². The molecule has 1 aliphatic carbocycles. The molecule has 3 heteroatoms. The monoisotopic (exact) mass is 219 g/mol. The van der Waals surface area contributed by atoms with Gasteiger partial charge in [0.2, 0.25) is 0 Å². The van der Waals surface area contributed by atoms with Crippen LogP contribution in [0, 0.1) is 0 Å². The minimum atomic E-state index is 0.311. The summed E-state index contributed by atoms with van der Waals surface area (Å²) in [7, 11) is 1.66. The first-order valence-corrected chi connectivity index (χ1v) is 5.72. The number of oxime groups is 1. The average molecular weight is 219 g/mol. The van der Waals surface area contributed by atoms with Crippen LogP contribution in [0.4, 0.5) is 0 Å². The zero-order chi connectivity index (χ0) is 11.2. The van der Waals surface area contributed by atoms with Crippen LogP contribution in [0.5, 0.6) is 5.75 Å². The van der Waals surface area contributed by atoms with Crippen LogP contribution in [0.1, 0.15) is 31.2 Å². The van der Waals surface area contributed by atoms with E-state index in [-0.39, 0.29) is 0 Å². The molecule has 1 aliphatic rings. The highest BCUT2D eigenvalue weighted by Crippen LogP contribution is 2.21. The Morgan fingerprint density at radius 3 is 2.75 bits per heavy atom. The normalized spacial score (nSPS) is 16.8. The van der Waals surface area contributed by atoms with Crippen molar-refractivity contribution in [3.05, 3.63) is 29.8 Å². The molecule has 0 atom stereocenters.